The molecule has 7 heteroatoms. The highest BCUT2D eigenvalue weighted by molar-refractivity contribution is 6.13. The molecule has 3 aromatic rings. The van der Waals surface area contributed by atoms with Gasteiger partial charge in [0.2, 0.25) is 0 Å². The van der Waals surface area contributed by atoms with Crippen molar-refractivity contribution in [1.82, 2.24) is 9.78 Å². The average molecular weight is 353 g/mol. The van der Waals surface area contributed by atoms with Crippen molar-refractivity contribution >= 4 is 28.3 Å². The largest absolute Gasteiger partial charge is 0.468 e. The minimum atomic E-state index is -0.541. The van der Waals surface area contributed by atoms with Gasteiger partial charge in [0.1, 0.15) is 12.0 Å². The highest BCUT2D eigenvalue weighted by Crippen LogP contribution is 2.37. The lowest BCUT2D eigenvalue weighted by Gasteiger charge is -2.29. The third-order valence-corrected chi connectivity index (χ3v) is 4.82. The van der Waals surface area contributed by atoms with Gasteiger partial charge in [0.15, 0.2) is 5.78 Å². The molecule has 2 aromatic heterocycles. The first kappa shape index (κ1) is 16.5. The molecule has 26 heavy (non-hydrogen) atoms. The summed E-state index contributed by atoms with van der Waals surface area (Å²) in [6.07, 6.45) is 3.81. The van der Waals surface area contributed by atoms with Crippen LogP contribution in [-0.2, 0) is 13.5 Å². The maximum Gasteiger partial charge on any atom is 0.259 e. The lowest BCUT2D eigenvalue weighted by atomic mass is 9.75. The molecule has 0 saturated heterocycles. The third-order valence-electron chi connectivity index (χ3n) is 4.82. The molecule has 1 aromatic carbocycles. The minimum absolute atomic E-state index is 0.106. The van der Waals surface area contributed by atoms with Crippen LogP contribution in [-0.4, -0.2) is 33.2 Å². The molecule has 134 valence electrons. The van der Waals surface area contributed by atoms with Crippen LogP contribution in [0.5, 0.6) is 0 Å². The Labute approximate surface area is 149 Å². The molecule has 0 saturated carbocycles. The topological polar surface area (TPSA) is 97.4 Å². The molecular weight excluding hydrogens is 334 g/mol. The van der Waals surface area contributed by atoms with Crippen LogP contribution in [0.2, 0.25) is 0 Å². The van der Waals surface area contributed by atoms with E-state index >= 15 is 0 Å². The molecule has 2 heterocycles. The number of nitrogens with zero attached hydrogens (tertiary/aromatic N) is 2. The van der Waals surface area contributed by atoms with Crippen LogP contribution in [0.1, 0.15) is 39.8 Å². The second kappa shape index (κ2) is 5.81. The molecule has 0 aliphatic heterocycles. The summed E-state index contributed by atoms with van der Waals surface area (Å²) in [6.45, 7) is 1.73. The van der Waals surface area contributed by atoms with E-state index in [1.54, 1.807) is 10.7 Å². The monoisotopic (exact) mass is 353 g/mol. The number of nitrogens with one attached hydrogen (secondary N) is 1. The molecule has 0 bridgehead atoms. The summed E-state index contributed by atoms with van der Waals surface area (Å²) in [5.41, 5.74) is 1.48. The van der Waals surface area contributed by atoms with Crippen molar-refractivity contribution in [2.75, 3.05) is 11.9 Å². The second-order valence-electron chi connectivity index (χ2n) is 7.22. The standard InChI is InChI=1S/C19H19N3O4/c1-19(10-23)6-15(24)17-13(9-26-16(17)7-19)18(25)20-12-3-4-14-11(5-12)8-22(2)21-14/h3-5,8-9,23H,6-7,10H2,1-2H3,(H,20,25). The van der Waals surface area contributed by atoms with Gasteiger partial charge >= 0.3 is 0 Å². The van der Waals surface area contributed by atoms with Crippen molar-refractivity contribution in [3.05, 3.63) is 47.5 Å². The average Bonchev–Trinajstić information content (AvgIpc) is 3.17. The number of benzene rings is 1. The van der Waals surface area contributed by atoms with Crippen molar-refractivity contribution in [2.24, 2.45) is 12.5 Å². The Balaban J connectivity index is 1.62. The zero-order chi connectivity index (χ0) is 18.5. The number of aliphatic hydroxyl groups is 1. The van der Waals surface area contributed by atoms with Gasteiger partial charge in [0.25, 0.3) is 5.91 Å². The summed E-state index contributed by atoms with van der Waals surface area (Å²) in [4.78, 5) is 25.2. The van der Waals surface area contributed by atoms with E-state index in [9.17, 15) is 14.7 Å². The SMILES string of the molecule is Cn1cc2cc(NC(=O)c3coc4c3C(=O)CC(C)(CO)C4)ccc2n1. The molecule has 1 aliphatic carbocycles. The predicted octanol–water partition coefficient (Wildman–Crippen LogP) is 2.55. The van der Waals surface area contributed by atoms with Gasteiger partial charge in [-0.05, 0) is 18.2 Å². The fourth-order valence-corrected chi connectivity index (χ4v) is 3.46. The molecular formula is C19H19N3O4. The number of aliphatic hydroxyl groups excluding tert-OH is 1. The van der Waals surface area contributed by atoms with Gasteiger partial charge in [0, 0.05) is 49.2 Å². The van der Waals surface area contributed by atoms with Crippen molar-refractivity contribution < 1.29 is 19.1 Å². The van der Waals surface area contributed by atoms with Crippen molar-refractivity contribution in [3.63, 3.8) is 0 Å². The maximum atomic E-state index is 12.7. The number of aryl methyl sites for hydroxylation is 1. The highest BCUT2D eigenvalue weighted by Gasteiger charge is 2.39. The van der Waals surface area contributed by atoms with E-state index in [0.29, 0.717) is 23.4 Å². The molecule has 4 rings (SSSR count). The van der Waals surface area contributed by atoms with E-state index in [1.807, 2.05) is 32.3 Å². The quantitative estimate of drug-likeness (QED) is 0.754. The fourth-order valence-electron chi connectivity index (χ4n) is 3.46. The maximum absolute atomic E-state index is 12.7. The Morgan fingerprint density at radius 3 is 3.00 bits per heavy atom. The molecule has 1 aliphatic rings. The number of fused-ring (bicyclic) bond motifs is 2. The first-order valence-electron chi connectivity index (χ1n) is 8.38. The van der Waals surface area contributed by atoms with Crippen LogP contribution < -0.4 is 5.32 Å². The number of ketones is 1. The van der Waals surface area contributed by atoms with E-state index in [0.717, 1.165) is 10.9 Å². The molecule has 0 spiro atoms. The lowest BCUT2D eigenvalue weighted by Crippen LogP contribution is -2.33. The number of rotatable bonds is 3. The molecule has 1 atom stereocenters. The Kier molecular flexibility index (Phi) is 3.69. The van der Waals surface area contributed by atoms with Crippen LogP contribution in [0, 0.1) is 5.41 Å². The summed E-state index contributed by atoms with van der Waals surface area (Å²) in [5, 5.41) is 17.5. The summed E-state index contributed by atoms with van der Waals surface area (Å²) >= 11 is 0. The molecule has 0 fully saturated rings. The summed E-state index contributed by atoms with van der Waals surface area (Å²) in [5.74, 6) is -0.103. The number of carbonyl (C=O) groups is 2. The predicted molar refractivity (Wildman–Crippen MR) is 95.2 cm³/mol. The first-order valence-corrected chi connectivity index (χ1v) is 8.38. The van der Waals surface area contributed by atoms with Crippen molar-refractivity contribution in [1.29, 1.82) is 0 Å². The minimum Gasteiger partial charge on any atom is -0.468 e. The highest BCUT2D eigenvalue weighted by atomic mass is 16.3. The summed E-state index contributed by atoms with van der Waals surface area (Å²) in [7, 11) is 1.84. The van der Waals surface area contributed by atoms with Crippen LogP contribution >= 0.6 is 0 Å². The molecule has 2 N–H and O–H groups in total. The Morgan fingerprint density at radius 2 is 2.23 bits per heavy atom. The number of hydrogen-bond donors (Lipinski definition) is 2. The van der Waals surface area contributed by atoms with Gasteiger partial charge in [-0.25, -0.2) is 0 Å². The van der Waals surface area contributed by atoms with Gasteiger partial charge in [-0.3, -0.25) is 14.3 Å². The number of Topliss-reactive ketones (excluding diaryl/α,β-unsaturated/α-hetero) is 1. The van der Waals surface area contributed by atoms with Crippen molar-refractivity contribution in [2.45, 2.75) is 19.8 Å². The summed E-state index contributed by atoms with van der Waals surface area (Å²) < 4.78 is 7.19. The van der Waals surface area contributed by atoms with Crippen molar-refractivity contribution in [3.8, 4) is 0 Å². The molecule has 1 amide bonds. The van der Waals surface area contributed by atoms with E-state index in [-0.39, 0.29) is 30.3 Å². The van der Waals surface area contributed by atoms with Crippen LogP contribution in [0.4, 0.5) is 5.69 Å². The van der Waals surface area contributed by atoms with Gasteiger partial charge < -0.3 is 14.8 Å². The van der Waals surface area contributed by atoms with E-state index in [2.05, 4.69) is 10.4 Å². The van der Waals surface area contributed by atoms with E-state index in [4.69, 9.17) is 4.42 Å². The van der Waals surface area contributed by atoms with Gasteiger partial charge in [-0.15, -0.1) is 0 Å². The van der Waals surface area contributed by atoms with Crippen LogP contribution in [0.3, 0.4) is 0 Å². The Hall–Kier alpha value is -2.93. The van der Waals surface area contributed by atoms with Gasteiger partial charge in [0.05, 0.1) is 16.6 Å². The Bertz CT molecular complexity index is 1030. The molecule has 1 unspecified atom stereocenters. The van der Waals surface area contributed by atoms with Crippen LogP contribution in [0.15, 0.2) is 35.1 Å². The third kappa shape index (κ3) is 2.70. The number of anilines is 1. The first-order chi connectivity index (χ1) is 12.4. The number of hydrogen-bond acceptors (Lipinski definition) is 5. The van der Waals surface area contributed by atoms with Gasteiger partial charge in [-0.1, -0.05) is 6.92 Å². The zero-order valence-electron chi connectivity index (χ0n) is 14.6. The smallest absolute Gasteiger partial charge is 0.259 e. The number of aromatic nitrogens is 2. The van der Waals surface area contributed by atoms with Crippen LogP contribution in [0.25, 0.3) is 10.9 Å². The lowest BCUT2D eigenvalue weighted by molar-refractivity contribution is 0.0761. The number of furan rings is 1. The Morgan fingerprint density at radius 1 is 1.42 bits per heavy atom. The number of carbonyl (C=O) groups excluding carboxylic acids is 2. The van der Waals surface area contributed by atoms with E-state index < -0.39 is 5.41 Å². The number of amides is 1. The van der Waals surface area contributed by atoms with Gasteiger partial charge in [-0.2, -0.15) is 5.10 Å². The molecule has 7 nitrogen and oxygen atoms in total. The van der Waals surface area contributed by atoms with E-state index in [1.165, 1.54) is 6.26 Å². The molecule has 0 radical (unpaired) electrons. The zero-order valence-corrected chi connectivity index (χ0v) is 14.6. The summed E-state index contributed by atoms with van der Waals surface area (Å²) in [6, 6.07) is 5.43. The normalized spacial score (nSPS) is 19.6. The second-order valence-corrected chi connectivity index (χ2v) is 7.22. The fraction of sp³-hybridized carbons (Fsp3) is 0.316.